The Morgan fingerprint density at radius 3 is 2.42 bits per heavy atom. The second kappa shape index (κ2) is 9.76. The maximum Gasteiger partial charge on any atom is 0.230 e. The average molecular weight is 267 g/mol. The molecule has 110 valence electrons. The van der Waals surface area contributed by atoms with Gasteiger partial charge in [-0.15, -0.1) is 0 Å². The summed E-state index contributed by atoms with van der Waals surface area (Å²) in [4.78, 5) is 24.5. The molecule has 1 unspecified atom stereocenters. The Balaban J connectivity index is 0.00000154. The molecule has 0 aromatic rings. The summed E-state index contributed by atoms with van der Waals surface area (Å²) in [6.45, 7) is 12.4. The van der Waals surface area contributed by atoms with Crippen LogP contribution in [0.3, 0.4) is 0 Å². The van der Waals surface area contributed by atoms with E-state index in [2.05, 4.69) is 6.58 Å². The lowest BCUT2D eigenvalue weighted by Gasteiger charge is -2.17. The van der Waals surface area contributed by atoms with E-state index >= 15 is 0 Å². The first kappa shape index (κ1) is 17.9. The van der Waals surface area contributed by atoms with Crippen molar-refractivity contribution in [2.24, 2.45) is 5.92 Å². The Hall–Kier alpha value is -1.12. The molecule has 1 saturated heterocycles. The van der Waals surface area contributed by atoms with Gasteiger partial charge in [0.05, 0.1) is 0 Å². The van der Waals surface area contributed by atoms with Gasteiger partial charge in [-0.2, -0.15) is 0 Å². The highest BCUT2D eigenvalue weighted by molar-refractivity contribution is 5.83. The monoisotopic (exact) mass is 267 g/mol. The summed E-state index contributed by atoms with van der Waals surface area (Å²) in [5.74, 6) is 0.640. The van der Waals surface area contributed by atoms with E-state index in [1.807, 2.05) is 25.7 Å². The molecule has 3 nitrogen and oxygen atoms in total. The number of carbonyl (C=O) groups excluding carboxylic acids is 2. The van der Waals surface area contributed by atoms with Crippen molar-refractivity contribution in [3.05, 3.63) is 12.3 Å². The molecule has 0 aliphatic carbocycles. The molecular weight excluding hydrogens is 238 g/mol. The lowest BCUT2D eigenvalue weighted by Crippen LogP contribution is -2.27. The summed E-state index contributed by atoms with van der Waals surface area (Å²) in [7, 11) is 0. The van der Waals surface area contributed by atoms with Gasteiger partial charge >= 0.3 is 0 Å². The van der Waals surface area contributed by atoms with Crippen molar-refractivity contribution in [1.82, 2.24) is 4.90 Å². The van der Waals surface area contributed by atoms with Crippen molar-refractivity contribution in [3.63, 3.8) is 0 Å². The van der Waals surface area contributed by atoms with Crippen LogP contribution >= 0.6 is 0 Å². The molecule has 1 fully saturated rings. The lowest BCUT2D eigenvalue weighted by atomic mass is 10.1. The first-order chi connectivity index (χ1) is 9.06. The summed E-state index contributed by atoms with van der Waals surface area (Å²) in [5.41, 5.74) is 0.966. The first-order valence-electron chi connectivity index (χ1n) is 7.54. The Morgan fingerprint density at radius 1 is 1.32 bits per heavy atom. The number of amides is 1. The Bertz CT molecular complexity index is 310. The molecule has 1 atom stereocenters. The standard InChI is InChI=1S/C14H23NO2.C2H6/c1-4-13-10-11(2)15(14(13)17)9-7-5-6-8-12(3)16;1-2/h13H,2,4-10H2,1,3H3;1-2H3. The van der Waals surface area contributed by atoms with Gasteiger partial charge in [0.15, 0.2) is 0 Å². The van der Waals surface area contributed by atoms with Crippen LogP contribution in [0.15, 0.2) is 12.3 Å². The van der Waals surface area contributed by atoms with E-state index in [1.54, 1.807) is 6.92 Å². The lowest BCUT2D eigenvalue weighted by molar-refractivity contribution is -0.130. The molecule has 1 rings (SSSR count). The number of hydrogen-bond donors (Lipinski definition) is 0. The van der Waals surface area contributed by atoms with Gasteiger partial charge in [-0.25, -0.2) is 0 Å². The van der Waals surface area contributed by atoms with Crippen molar-refractivity contribution >= 4 is 11.7 Å². The van der Waals surface area contributed by atoms with E-state index in [1.165, 1.54) is 0 Å². The van der Waals surface area contributed by atoms with Gasteiger partial charge in [0.1, 0.15) is 5.78 Å². The maximum absolute atomic E-state index is 11.9. The van der Waals surface area contributed by atoms with E-state index < -0.39 is 0 Å². The zero-order valence-corrected chi connectivity index (χ0v) is 13.0. The van der Waals surface area contributed by atoms with Gasteiger partial charge in [0.25, 0.3) is 0 Å². The highest BCUT2D eigenvalue weighted by atomic mass is 16.2. The molecule has 1 heterocycles. The van der Waals surface area contributed by atoms with Crippen LogP contribution < -0.4 is 0 Å². The highest BCUT2D eigenvalue weighted by Crippen LogP contribution is 2.29. The Kier molecular flexibility index (Phi) is 9.19. The molecule has 19 heavy (non-hydrogen) atoms. The largest absolute Gasteiger partial charge is 0.317 e. The predicted octanol–water partition coefficient (Wildman–Crippen LogP) is 3.93. The number of carbonyl (C=O) groups is 2. The molecule has 0 spiro atoms. The van der Waals surface area contributed by atoms with Crippen LogP contribution in [0.5, 0.6) is 0 Å². The van der Waals surface area contributed by atoms with Gasteiger partial charge in [-0.05, 0) is 32.6 Å². The number of unbranched alkanes of at least 4 members (excludes halogenated alkanes) is 2. The molecule has 0 radical (unpaired) electrons. The first-order valence-corrected chi connectivity index (χ1v) is 7.54. The smallest absolute Gasteiger partial charge is 0.230 e. The van der Waals surface area contributed by atoms with Crippen LogP contribution in [0.4, 0.5) is 0 Å². The molecule has 0 aromatic heterocycles. The normalized spacial score (nSPS) is 18.3. The second-order valence-electron chi connectivity index (χ2n) is 4.88. The molecular formula is C16H29NO2. The van der Waals surface area contributed by atoms with Crippen LogP contribution in [-0.4, -0.2) is 23.1 Å². The van der Waals surface area contributed by atoms with Crippen molar-refractivity contribution in [2.45, 2.75) is 66.2 Å². The third kappa shape index (κ3) is 6.04. The number of ketones is 1. The van der Waals surface area contributed by atoms with Gasteiger partial charge in [-0.1, -0.05) is 33.8 Å². The zero-order chi connectivity index (χ0) is 14.8. The number of likely N-dealkylation sites (tertiary alicyclic amines) is 1. The minimum atomic E-state index is 0.153. The fraction of sp³-hybridized carbons (Fsp3) is 0.750. The van der Waals surface area contributed by atoms with Gasteiger partial charge < -0.3 is 9.69 Å². The molecule has 0 saturated carbocycles. The number of rotatable bonds is 7. The quantitative estimate of drug-likeness (QED) is 0.655. The maximum atomic E-state index is 11.9. The average Bonchev–Trinajstić information content (AvgIpc) is 2.67. The van der Waals surface area contributed by atoms with E-state index in [4.69, 9.17) is 0 Å². The fourth-order valence-electron chi connectivity index (χ4n) is 2.27. The summed E-state index contributed by atoms with van der Waals surface area (Å²) >= 11 is 0. The van der Waals surface area contributed by atoms with Gasteiger partial charge in [0, 0.05) is 24.6 Å². The SMILES string of the molecule is C=C1CC(CC)C(=O)N1CCCCCC(C)=O.CC. The molecule has 1 aliphatic rings. The van der Waals surface area contributed by atoms with Crippen molar-refractivity contribution in [2.75, 3.05) is 6.54 Å². The zero-order valence-electron chi connectivity index (χ0n) is 13.0. The van der Waals surface area contributed by atoms with Crippen molar-refractivity contribution in [3.8, 4) is 0 Å². The summed E-state index contributed by atoms with van der Waals surface area (Å²) in [6, 6.07) is 0. The van der Waals surface area contributed by atoms with Gasteiger partial charge in [-0.3, -0.25) is 4.79 Å². The highest BCUT2D eigenvalue weighted by Gasteiger charge is 2.32. The molecule has 0 N–H and O–H groups in total. The van der Waals surface area contributed by atoms with E-state index in [-0.39, 0.29) is 17.6 Å². The number of nitrogens with zero attached hydrogens (tertiary/aromatic N) is 1. The molecule has 0 bridgehead atoms. The Morgan fingerprint density at radius 2 is 1.95 bits per heavy atom. The third-order valence-corrected chi connectivity index (χ3v) is 3.38. The van der Waals surface area contributed by atoms with E-state index in [0.29, 0.717) is 6.42 Å². The molecule has 0 aromatic carbocycles. The molecule has 1 amide bonds. The van der Waals surface area contributed by atoms with Crippen LogP contribution in [0.25, 0.3) is 0 Å². The molecule has 1 aliphatic heterocycles. The van der Waals surface area contributed by atoms with E-state index in [0.717, 1.165) is 44.3 Å². The summed E-state index contributed by atoms with van der Waals surface area (Å²) < 4.78 is 0. The fourth-order valence-corrected chi connectivity index (χ4v) is 2.27. The van der Waals surface area contributed by atoms with Crippen LogP contribution in [-0.2, 0) is 9.59 Å². The number of Topliss-reactive ketones (excluding diaryl/α,β-unsaturated/α-hetero) is 1. The number of hydrogen-bond acceptors (Lipinski definition) is 2. The molecule has 3 heteroatoms. The number of allylic oxidation sites excluding steroid dienone is 1. The van der Waals surface area contributed by atoms with Crippen molar-refractivity contribution in [1.29, 1.82) is 0 Å². The van der Waals surface area contributed by atoms with E-state index in [9.17, 15) is 9.59 Å². The second-order valence-corrected chi connectivity index (χ2v) is 4.88. The predicted molar refractivity (Wildman–Crippen MR) is 79.7 cm³/mol. The Labute approximate surface area is 118 Å². The van der Waals surface area contributed by atoms with Gasteiger partial charge in [0.2, 0.25) is 5.91 Å². The van der Waals surface area contributed by atoms with Crippen LogP contribution in [0.2, 0.25) is 0 Å². The summed E-state index contributed by atoms with van der Waals surface area (Å²) in [5, 5.41) is 0. The topological polar surface area (TPSA) is 37.4 Å². The third-order valence-electron chi connectivity index (χ3n) is 3.38. The minimum Gasteiger partial charge on any atom is -0.317 e. The van der Waals surface area contributed by atoms with Crippen molar-refractivity contribution < 1.29 is 9.59 Å². The van der Waals surface area contributed by atoms with Crippen LogP contribution in [0, 0.1) is 5.92 Å². The minimum absolute atomic E-state index is 0.153. The summed E-state index contributed by atoms with van der Waals surface area (Å²) in [6.07, 6.45) is 5.29. The van der Waals surface area contributed by atoms with Crippen LogP contribution in [0.1, 0.15) is 66.2 Å².